The summed E-state index contributed by atoms with van der Waals surface area (Å²) in [4.78, 5) is 0. The average Bonchev–Trinajstić information content (AvgIpc) is 2.84. The highest BCUT2D eigenvalue weighted by atomic mass is 16.5. The Bertz CT molecular complexity index is 810. The first-order valence-electron chi connectivity index (χ1n) is 9.44. The summed E-state index contributed by atoms with van der Waals surface area (Å²) in [5.41, 5.74) is 3.88. The third-order valence-corrected chi connectivity index (χ3v) is 4.57. The zero-order valence-electron chi connectivity index (χ0n) is 16.0. The SMILES string of the molecule is CCOCCOCCOc1cccc2c3cccc(C(C)C)cc-3cc12. The zero-order valence-corrected chi connectivity index (χ0v) is 16.0. The summed E-state index contributed by atoms with van der Waals surface area (Å²) in [6.45, 7) is 9.51. The van der Waals surface area contributed by atoms with E-state index in [2.05, 4.69) is 56.3 Å². The second kappa shape index (κ2) is 9.02. The van der Waals surface area contributed by atoms with Crippen molar-refractivity contribution in [3.05, 3.63) is 54.1 Å². The van der Waals surface area contributed by atoms with Crippen molar-refractivity contribution in [1.82, 2.24) is 0 Å². The predicted molar refractivity (Wildman–Crippen MR) is 107 cm³/mol. The van der Waals surface area contributed by atoms with E-state index in [1.807, 2.05) is 13.0 Å². The molecule has 3 nitrogen and oxygen atoms in total. The molecule has 3 rings (SSSR count). The third kappa shape index (κ3) is 4.35. The van der Waals surface area contributed by atoms with Gasteiger partial charge < -0.3 is 14.2 Å². The van der Waals surface area contributed by atoms with Crippen LogP contribution in [-0.2, 0) is 9.47 Å². The highest BCUT2D eigenvalue weighted by molar-refractivity contribution is 6.05. The Kier molecular flexibility index (Phi) is 6.48. The molecule has 0 spiro atoms. The molecule has 0 aliphatic heterocycles. The molecule has 0 atom stereocenters. The molecule has 1 aromatic carbocycles. The van der Waals surface area contributed by atoms with E-state index >= 15 is 0 Å². The van der Waals surface area contributed by atoms with Crippen LogP contribution in [-0.4, -0.2) is 33.0 Å². The summed E-state index contributed by atoms with van der Waals surface area (Å²) in [7, 11) is 0. The molecule has 0 amide bonds. The van der Waals surface area contributed by atoms with Crippen molar-refractivity contribution in [3.63, 3.8) is 0 Å². The lowest BCUT2D eigenvalue weighted by Gasteiger charge is -2.08. The van der Waals surface area contributed by atoms with E-state index in [9.17, 15) is 0 Å². The monoisotopic (exact) mass is 352 g/mol. The van der Waals surface area contributed by atoms with Crippen molar-refractivity contribution in [2.24, 2.45) is 0 Å². The van der Waals surface area contributed by atoms with Gasteiger partial charge in [-0.05, 0) is 47.1 Å². The van der Waals surface area contributed by atoms with Gasteiger partial charge in [-0.3, -0.25) is 0 Å². The van der Waals surface area contributed by atoms with Gasteiger partial charge in [0.1, 0.15) is 12.4 Å². The summed E-state index contributed by atoms with van der Waals surface area (Å²) >= 11 is 0. The standard InChI is InChI=1S/C23H28O3/c1-4-24-11-12-25-13-14-26-23-10-6-9-21-20-8-5-7-18(17(2)3)15-19(20)16-22(21)23/h5-10,15-17H,4,11-14H2,1-3H3. The van der Waals surface area contributed by atoms with Crippen LogP contribution in [0.3, 0.4) is 0 Å². The van der Waals surface area contributed by atoms with Crippen molar-refractivity contribution in [2.45, 2.75) is 26.7 Å². The average molecular weight is 352 g/mol. The first-order valence-corrected chi connectivity index (χ1v) is 9.44. The minimum atomic E-state index is 0.508. The number of fused-ring (bicyclic) bond motifs is 3. The first kappa shape index (κ1) is 18.7. The Morgan fingerprint density at radius 1 is 0.808 bits per heavy atom. The Balaban J connectivity index is 1.76. The zero-order chi connectivity index (χ0) is 18.4. The molecule has 26 heavy (non-hydrogen) atoms. The molecule has 0 N–H and O–H groups in total. The molecule has 0 saturated heterocycles. The van der Waals surface area contributed by atoms with E-state index in [1.54, 1.807) is 0 Å². The molecular weight excluding hydrogens is 324 g/mol. The van der Waals surface area contributed by atoms with Crippen LogP contribution in [0.2, 0.25) is 0 Å². The molecule has 0 heterocycles. The van der Waals surface area contributed by atoms with Gasteiger partial charge in [0.2, 0.25) is 0 Å². The van der Waals surface area contributed by atoms with E-state index < -0.39 is 0 Å². The van der Waals surface area contributed by atoms with Gasteiger partial charge in [-0.1, -0.05) is 50.2 Å². The number of ether oxygens (including phenoxy) is 3. The Hall–Kier alpha value is -2.10. The number of hydrogen-bond acceptors (Lipinski definition) is 3. The smallest absolute Gasteiger partial charge is 0.127 e. The van der Waals surface area contributed by atoms with Crippen molar-refractivity contribution in [3.8, 4) is 16.9 Å². The fourth-order valence-electron chi connectivity index (χ4n) is 3.16. The summed E-state index contributed by atoms with van der Waals surface area (Å²) < 4.78 is 16.8. The molecule has 0 radical (unpaired) electrons. The maximum absolute atomic E-state index is 5.99. The molecule has 1 aromatic rings. The van der Waals surface area contributed by atoms with Crippen LogP contribution >= 0.6 is 0 Å². The van der Waals surface area contributed by atoms with Crippen LogP contribution in [0.4, 0.5) is 0 Å². The van der Waals surface area contributed by atoms with E-state index in [4.69, 9.17) is 14.2 Å². The van der Waals surface area contributed by atoms with Crippen molar-refractivity contribution in [2.75, 3.05) is 33.0 Å². The van der Waals surface area contributed by atoms with Crippen LogP contribution in [0.5, 0.6) is 5.75 Å². The number of rotatable bonds is 9. The largest absolute Gasteiger partial charge is 0.491 e. The predicted octanol–water partition coefficient (Wildman–Crippen LogP) is 5.50. The van der Waals surface area contributed by atoms with Crippen LogP contribution in [0.1, 0.15) is 32.3 Å². The van der Waals surface area contributed by atoms with Gasteiger partial charge in [-0.15, -0.1) is 0 Å². The van der Waals surface area contributed by atoms with Crippen LogP contribution in [0.25, 0.3) is 21.9 Å². The summed E-state index contributed by atoms with van der Waals surface area (Å²) in [5, 5.41) is 2.40. The topological polar surface area (TPSA) is 27.7 Å². The van der Waals surface area contributed by atoms with Gasteiger partial charge in [0.15, 0.2) is 0 Å². The summed E-state index contributed by atoms with van der Waals surface area (Å²) in [5.74, 6) is 1.43. The van der Waals surface area contributed by atoms with E-state index in [-0.39, 0.29) is 0 Å². The minimum Gasteiger partial charge on any atom is -0.491 e. The van der Waals surface area contributed by atoms with Gasteiger partial charge in [-0.25, -0.2) is 0 Å². The molecule has 0 saturated carbocycles. The Morgan fingerprint density at radius 3 is 2.38 bits per heavy atom. The third-order valence-electron chi connectivity index (χ3n) is 4.57. The highest BCUT2D eigenvalue weighted by Crippen LogP contribution is 2.39. The molecular formula is C23H28O3. The van der Waals surface area contributed by atoms with Crippen molar-refractivity contribution >= 4 is 10.8 Å². The van der Waals surface area contributed by atoms with Gasteiger partial charge in [-0.2, -0.15) is 0 Å². The van der Waals surface area contributed by atoms with Crippen LogP contribution in [0.15, 0.2) is 48.5 Å². The van der Waals surface area contributed by atoms with E-state index in [0.717, 1.165) is 17.7 Å². The Labute approximate surface area is 156 Å². The lowest BCUT2D eigenvalue weighted by molar-refractivity contribution is 0.0407. The molecule has 138 valence electrons. The quantitative estimate of drug-likeness (QED) is 0.476. The first-order chi connectivity index (χ1) is 12.7. The second-order valence-corrected chi connectivity index (χ2v) is 6.71. The van der Waals surface area contributed by atoms with Crippen LogP contribution in [0, 0.1) is 0 Å². The lowest BCUT2D eigenvalue weighted by Crippen LogP contribution is -2.10. The van der Waals surface area contributed by atoms with E-state index in [1.165, 1.54) is 22.1 Å². The number of benzene rings is 1. The second-order valence-electron chi connectivity index (χ2n) is 6.71. The van der Waals surface area contributed by atoms with Crippen LogP contribution < -0.4 is 4.74 Å². The Morgan fingerprint density at radius 2 is 1.58 bits per heavy atom. The number of hydrogen-bond donors (Lipinski definition) is 0. The van der Waals surface area contributed by atoms with E-state index in [0.29, 0.717) is 32.3 Å². The summed E-state index contributed by atoms with van der Waals surface area (Å²) in [6.07, 6.45) is 0. The van der Waals surface area contributed by atoms with Gasteiger partial charge in [0.25, 0.3) is 0 Å². The molecule has 0 aromatic heterocycles. The fraction of sp³-hybridized carbons (Fsp3) is 0.391. The molecule has 3 heteroatoms. The molecule has 0 unspecified atom stereocenters. The molecule has 0 bridgehead atoms. The highest BCUT2D eigenvalue weighted by Gasteiger charge is 2.13. The maximum atomic E-state index is 5.99. The van der Waals surface area contributed by atoms with Crippen molar-refractivity contribution < 1.29 is 14.2 Å². The van der Waals surface area contributed by atoms with Crippen molar-refractivity contribution in [1.29, 1.82) is 0 Å². The normalized spacial score (nSPS) is 11.5. The van der Waals surface area contributed by atoms with Gasteiger partial charge >= 0.3 is 0 Å². The molecule has 2 aliphatic rings. The lowest BCUT2D eigenvalue weighted by atomic mass is 10.0. The maximum Gasteiger partial charge on any atom is 0.127 e. The fourth-order valence-corrected chi connectivity index (χ4v) is 3.16. The van der Waals surface area contributed by atoms with Gasteiger partial charge in [0, 0.05) is 12.0 Å². The molecule has 2 aliphatic carbocycles. The minimum absolute atomic E-state index is 0.508. The summed E-state index contributed by atoms with van der Waals surface area (Å²) in [6, 6.07) is 17.3. The van der Waals surface area contributed by atoms with Gasteiger partial charge in [0.05, 0.1) is 19.8 Å². The molecule has 0 fully saturated rings.